The second kappa shape index (κ2) is 13.2. The number of benzene rings is 2. The first-order valence-corrected chi connectivity index (χ1v) is 10.3. The molecular weight excluding hydrogens is 448 g/mol. The summed E-state index contributed by atoms with van der Waals surface area (Å²) in [5.74, 6) is 0.0512. The first-order chi connectivity index (χ1) is 16.4. The zero-order valence-corrected chi connectivity index (χ0v) is 19.8. The molecular formula is C24H28O10. The molecule has 0 atom stereocenters. The molecule has 0 fully saturated rings. The van der Waals surface area contributed by atoms with Gasteiger partial charge < -0.3 is 33.2 Å². The van der Waals surface area contributed by atoms with Gasteiger partial charge >= 0.3 is 12.3 Å². The molecule has 0 aliphatic heterocycles. The molecule has 0 saturated carbocycles. The lowest BCUT2D eigenvalue weighted by Crippen LogP contribution is -2.16. The molecule has 0 N–H and O–H groups in total. The maximum atomic E-state index is 12.7. The van der Waals surface area contributed by atoms with Crippen molar-refractivity contribution in [3.63, 3.8) is 0 Å². The van der Waals surface area contributed by atoms with Crippen LogP contribution in [0.4, 0.5) is 9.59 Å². The van der Waals surface area contributed by atoms with Gasteiger partial charge in [0.1, 0.15) is 17.2 Å². The second-order valence-corrected chi connectivity index (χ2v) is 6.86. The quantitative estimate of drug-likeness (QED) is 0.203. The van der Waals surface area contributed by atoms with Crippen molar-refractivity contribution in [2.75, 3.05) is 48.3 Å². The predicted octanol–water partition coefficient (Wildman–Crippen LogP) is 4.06. The van der Waals surface area contributed by atoms with E-state index in [1.807, 2.05) is 0 Å². The molecule has 2 aromatic carbocycles. The van der Waals surface area contributed by atoms with Crippen molar-refractivity contribution in [1.29, 1.82) is 0 Å². The number of carbonyl (C=O) groups excluding carboxylic acids is 3. The Kier molecular flexibility index (Phi) is 10.3. The minimum Gasteiger partial charge on any atom is -0.497 e. The lowest BCUT2D eigenvalue weighted by Gasteiger charge is -2.21. The molecule has 34 heavy (non-hydrogen) atoms. The third-order valence-corrected chi connectivity index (χ3v) is 4.72. The van der Waals surface area contributed by atoms with Crippen LogP contribution in [0.25, 0.3) is 11.1 Å². The van der Waals surface area contributed by atoms with Crippen molar-refractivity contribution in [2.24, 2.45) is 0 Å². The minimum atomic E-state index is -1.04. The Hall–Kier alpha value is -3.63. The molecule has 10 heteroatoms. The summed E-state index contributed by atoms with van der Waals surface area (Å²) in [4.78, 5) is 36.7. The van der Waals surface area contributed by atoms with Crippen molar-refractivity contribution in [3.05, 3.63) is 41.5 Å². The van der Waals surface area contributed by atoms with Gasteiger partial charge in [-0.2, -0.15) is 0 Å². The number of rotatable bonds is 11. The molecule has 184 valence electrons. The maximum Gasteiger partial charge on any atom is 0.513 e. The van der Waals surface area contributed by atoms with Crippen molar-refractivity contribution in [3.8, 4) is 28.4 Å². The van der Waals surface area contributed by atoms with E-state index in [9.17, 15) is 14.4 Å². The number of ether oxygens (including phenoxy) is 7. The average Bonchev–Trinajstić information content (AvgIpc) is 2.83. The van der Waals surface area contributed by atoms with Gasteiger partial charge in [0.05, 0.1) is 46.7 Å². The molecule has 0 unspecified atom stereocenters. The van der Waals surface area contributed by atoms with Gasteiger partial charge in [-0.15, -0.1) is 0 Å². The number of methoxy groups -OCH3 is 4. The standard InChI is InChI=1S/C24H28O10/c1-15(25)21-18(9-10-32-12-11-28-2)22(16-7-6-8-17(13-16)29-3)20(34-24(27)31-5)14-19(21)33-23(26)30-4/h6-8,13-14H,9-12H2,1-5H3. The molecule has 0 aromatic heterocycles. The normalized spacial score (nSPS) is 10.4. The first kappa shape index (κ1) is 26.6. The van der Waals surface area contributed by atoms with Gasteiger partial charge in [-0.05, 0) is 36.6 Å². The zero-order valence-electron chi connectivity index (χ0n) is 19.8. The molecule has 0 saturated heterocycles. The highest BCUT2D eigenvalue weighted by molar-refractivity contribution is 6.02. The van der Waals surface area contributed by atoms with E-state index in [-0.39, 0.29) is 35.9 Å². The van der Waals surface area contributed by atoms with E-state index in [1.165, 1.54) is 20.1 Å². The van der Waals surface area contributed by atoms with Crippen LogP contribution in [-0.2, 0) is 25.4 Å². The van der Waals surface area contributed by atoms with Crippen LogP contribution in [0.2, 0.25) is 0 Å². The number of ketones is 1. The van der Waals surface area contributed by atoms with E-state index in [1.54, 1.807) is 31.4 Å². The third-order valence-electron chi connectivity index (χ3n) is 4.72. The van der Waals surface area contributed by atoms with Gasteiger partial charge in [-0.25, -0.2) is 9.59 Å². The summed E-state index contributed by atoms with van der Waals surface area (Å²) >= 11 is 0. The van der Waals surface area contributed by atoms with Gasteiger partial charge in [-0.1, -0.05) is 12.1 Å². The largest absolute Gasteiger partial charge is 0.513 e. The minimum absolute atomic E-state index is 0.0101. The molecule has 0 aliphatic rings. The van der Waals surface area contributed by atoms with Crippen LogP contribution in [0.5, 0.6) is 17.2 Å². The molecule has 0 radical (unpaired) electrons. The predicted molar refractivity (Wildman–Crippen MR) is 121 cm³/mol. The van der Waals surface area contributed by atoms with Gasteiger partial charge in [0.15, 0.2) is 5.78 Å². The fraction of sp³-hybridized carbons (Fsp3) is 0.375. The summed E-state index contributed by atoms with van der Waals surface area (Å²) in [7, 11) is 5.37. The van der Waals surface area contributed by atoms with Crippen LogP contribution in [0.3, 0.4) is 0 Å². The summed E-state index contributed by atoms with van der Waals surface area (Å²) in [5, 5.41) is 0. The number of Topliss-reactive ketones (excluding diaryl/α,β-unsaturated/α-hetero) is 1. The highest BCUT2D eigenvalue weighted by atomic mass is 16.7. The van der Waals surface area contributed by atoms with E-state index in [0.29, 0.717) is 35.7 Å². The van der Waals surface area contributed by atoms with E-state index >= 15 is 0 Å². The molecule has 2 aromatic rings. The number of hydrogen-bond donors (Lipinski definition) is 0. The molecule has 0 amide bonds. The van der Waals surface area contributed by atoms with Gasteiger partial charge in [0.2, 0.25) is 0 Å². The molecule has 0 aliphatic carbocycles. The van der Waals surface area contributed by atoms with Crippen molar-refractivity contribution < 1.29 is 47.5 Å². The van der Waals surface area contributed by atoms with Crippen LogP contribution >= 0.6 is 0 Å². The Labute approximate surface area is 197 Å². The molecule has 0 spiro atoms. The monoisotopic (exact) mass is 476 g/mol. The Morgan fingerprint density at radius 1 is 0.824 bits per heavy atom. The SMILES string of the molecule is COCCOCCc1c(C(C)=O)c(OC(=O)OC)cc(OC(=O)OC)c1-c1cccc(OC)c1. The number of carbonyl (C=O) groups is 3. The fourth-order valence-electron chi connectivity index (χ4n) is 3.26. The van der Waals surface area contributed by atoms with Crippen LogP contribution in [0, 0.1) is 0 Å². The van der Waals surface area contributed by atoms with Gasteiger partial charge in [-0.3, -0.25) is 4.79 Å². The summed E-state index contributed by atoms with van der Waals surface area (Å²) in [6.45, 7) is 2.28. The highest BCUT2D eigenvalue weighted by Gasteiger charge is 2.27. The zero-order chi connectivity index (χ0) is 25.1. The van der Waals surface area contributed by atoms with Crippen LogP contribution in [0.15, 0.2) is 30.3 Å². The van der Waals surface area contributed by atoms with Crippen LogP contribution in [0.1, 0.15) is 22.8 Å². The summed E-state index contributed by atoms with van der Waals surface area (Å²) in [5.41, 5.74) is 1.58. The molecule has 10 nitrogen and oxygen atoms in total. The van der Waals surface area contributed by atoms with E-state index < -0.39 is 12.3 Å². The average molecular weight is 476 g/mol. The van der Waals surface area contributed by atoms with E-state index in [4.69, 9.17) is 23.7 Å². The molecule has 0 bridgehead atoms. The Balaban J connectivity index is 2.78. The van der Waals surface area contributed by atoms with E-state index in [0.717, 1.165) is 14.2 Å². The van der Waals surface area contributed by atoms with Crippen molar-refractivity contribution >= 4 is 18.1 Å². The third kappa shape index (κ3) is 6.93. The lowest BCUT2D eigenvalue weighted by atomic mass is 9.90. The maximum absolute atomic E-state index is 12.7. The van der Waals surface area contributed by atoms with Crippen LogP contribution in [-0.4, -0.2) is 66.4 Å². The topological polar surface area (TPSA) is 116 Å². The summed E-state index contributed by atoms with van der Waals surface area (Å²) < 4.78 is 35.8. The second-order valence-electron chi connectivity index (χ2n) is 6.86. The Morgan fingerprint density at radius 2 is 1.50 bits per heavy atom. The van der Waals surface area contributed by atoms with Gasteiger partial charge in [0.25, 0.3) is 0 Å². The van der Waals surface area contributed by atoms with Crippen LogP contribution < -0.4 is 14.2 Å². The van der Waals surface area contributed by atoms with Crippen molar-refractivity contribution in [2.45, 2.75) is 13.3 Å². The summed E-state index contributed by atoms with van der Waals surface area (Å²) in [6.07, 6.45) is -1.81. The van der Waals surface area contributed by atoms with Crippen molar-refractivity contribution in [1.82, 2.24) is 0 Å². The molecule has 2 rings (SSSR count). The summed E-state index contributed by atoms with van der Waals surface area (Å²) in [6, 6.07) is 8.26. The Morgan fingerprint density at radius 3 is 2.09 bits per heavy atom. The fourth-order valence-corrected chi connectivity index (χ4v) is 3.26. The lowest BCUT2D eigenvalue weighted by molar-refractivity contribution is 0.0721. The van der Waals surface area contributed by atoms with Gasteiger partial charge in [0, 0.05) is 18.7 Å². The first-order valence-electron chi connectivity index (χ1n) is 10.3. The molecule has 0 heterocycles. The number of hydrogen-bond acceptors (Lipinski definition) is 10. The Bertz CT molecular complexity index is 1020. The van der Waals surface area contributed by atoms with E-state index in [2.05, 4.69) is 9.47 Å². The highest BCUT2D eigenvalue weighted by Crippen LogP contribution is 2.42. The smallest absolute Gasteiger partial charge is 0.497 e.